The van der Waals surface area contributed by atoms with Gasteiger partial charge in [-0.15, -0.1) is 0 Å². The summed E-state index contributed by atoms with van der Waals surface area (Å²) in [5.41, 5.74) is 2.05. The summed E-state index contributed by atoms with van der Waals surface area (Å²) in [6, 6.07) is 8.58. The number of rotatable bonds is 4. The summed E-state index contributed by atoms with van der Waals surface area (Å²) in [6.45, 7) is 5.05. The molecule has 0 bridgehead atoms. The second kappa shape index (κ2) is 8.01. The molecule has 0 aliphatic carbocycles. The van der Waals surface area contributed by atoms with Crippen molar-refractivity contribution in [2.75, 3.05) is 74.1 Å². The van der Waals surface area contributed by atoms with Crippen LogP contribution in [-0.2, 0) is 10.0 Å². The van der Waals surface area contributed by atoms with Crippen LogP contribution in [0.4, 0.5) is 17.1 Å². The van der Waals surface area contributed by atoms with Crippen LogP contribution in [0.15, 0.2) is 35.2 Å². The van der Waals surface area contributed by atoms with Gasteiger partial charge in [0.2, 0.25) is 0 Å². The molecular weight excluding hydrogens is 420 g/mol. The third-order valence-electron chi connectivity index (χ3n) is 5.74. The van der Waals surface area contributed by atoms with E-state index >= 15 is 0 Å². The van der Waals surface area contributed by atoms with E-state index in [0.717, 1.165) is 31.9 Å². The topological polar surface area (TPSA) is 92.4 Å². The average molecular weight is 447 g/mol. The van der Waals surface area contributed by atoms with Gasteiger partial charge in [0, 0.05) is 44.9 Å². The number of ether oxygens (including phenoxy) is 3. The van der Waals surface area contributed by atoms with E-state index in [1.54, 1.807) is 31.4 Å². The Balaban J connectivity index is 1.58. The van der Waals surface area contributed by atoms with Crippen LogP contribution in [-0.4, -0.2) is 68.0 Å². The van der Waals surface area contributed by atoms with E-state index in [1.165, 1.54) is 4.31 Å². The van der Waals surface area contributed by atoms with Crippen LogP contribution in [0.2, 0.25) is 0 Å². The first kappa shape index (κ1) is 20.1. The maximum atomic E-state index is 13.7. The van der Waals surface area contributed by atoms with Gasteiger partial charge in [0.15, 0.2) is 5.75 Å². The number of anilines is 3. The summed E-state index contributed by atoms with van der Waals surface area (Å²) in [4.78, 5) is 2.41. The largest absolute Gasteiger partial charge is 0.497 e. The Morgan fingerprint density at radius 1 is 0.968 bits per heavy atom. The molecule has 0 aromatic heterocycles. The molecule has 1 fully saturated rings. The lowest BCUT2D eigenvalue weighted by atomic mass is 10.1. The molecule has 5 rings (SSSR count). The molecule has 2 aromatic carbocycles. The predicted molar refractivity (Wildman–Crippen MR) is 119 cm³/mol. The highest BCUT2D eigenvalue weighted by atomic mass is 32.2. The smallest absolute Gasteiger partial charge is 0.264 e. The summed E-state index contributed by atoms with van der Waals surface area (Å²) >= 11 is 0. The van der Waals surface area contributed by atoms with Crippen molar-refractivity contribution in [2.24, 2.45) is 0 Å². The van der Waals surface area contributed by atoms with Gasteiger partial charge in [0.05, 0.1) is 35.6 Å². The van der Waals surface area contributed by atoms with E-state index in [4.69, 9.17) is 14.2 Å². The molecule has 2 aromatic rings. The number of piperazine rings is 1. The minimum absolute atomic E-state index is 0.212. The van der Waals surface area contributed by atoms with E-state index < -0.39 is 10.0 Å². The number of benzene rings is 2. The molecule has 9 nitrogen and oxygen atoms in total. The van der Waals surface area contributed by atoms with Gasteiger partial charge in [-0.25, -0.2) is 8.42 Å². The zero-order valence-corrected chi connectivity index (χ0v) is 18.2. The lowest BCUT2D eigenvalue weighted by Gasteiger charge is -2.36. The second-order valence-electron chi connectivity index (χ2n) is 7.59. The Bertz CT molecular complexity index is 1090. The Morgan fingerprint density at radius 3 is 2.58 bits per heavy atom. The molecule has 2 N–H and O–H groups in total. The molecule has 0 unspecified atom stereocenters. The summed E-state index contributed by atoms with van der Waals surface area (Å²) < 4.78 is 45.8. The van der Waals surface area contributed by atoms with Crippen molar-refractivity contribution in [1.82, 2.24) is 5.32 Å². The van der Waals surface area contributed by atoms with Gasteiger partial charge in [-0.05, 0) is 18.2 Å². The molecule has 0 saturated carbocycles. The van der Waals surface area contributed by atoms with Crippen molar-refractivity contribution in [3.63, 3.8) is 0 Å². The Labute approximate surface area is 181 Å². The molecule has 31 heavy (non-hydrogen) atoms. The Hall–Kier alpha value is -2.85. The third-order valence-corrected chi connectivity index (χ3v) is 7.55. The third kappa shape index (κ3) is 3.59. The van der Waals surface area contributed by atoms with E-state index in [1.807, 2.05) is 6.07 Å². The molecule has 10 heteroatoms. The number of nitrogens with zero attached hydrogens (tertiary/aromatic N) is 2. The van der Waals surface area contributed by atoms with Gasteiger partial charge in [-0.3, -0.25) is 4.31 Å². The van der Waals surface area contributed by atoms with Gasteiger partial charge < -0.3 is 29.7 Å². The van der Waals surface area contributed by atoms with E-state index in [0.29, 0.717) is 41.8 Å². The van der Waals surface area contributed by atoms with Crippen molar-refractivity contribution in [3.8, 4) is 17.2 Å². The van der Waals surface area contributed by atoms with Gasteiger partial charge in [-0.2, -0.15) is 0 Å². The fraction of sp³-hybridized carbons (Fsp3) is 0.429. The summed E-state index contributed by atoms with van der Waals surface area (Å²) in [5, 5.41) is 6.54. The highest BCUT2D eigenvalue weighted by molar-refractivity contribution is 7.92. The van der Waals surface area contributed by atoms with Gasteiger partial charge in [-0.1, -0.05) is 0 Å². The molecule has 0 amide bonds. The summed E-state index contributed by atoms with van der Waals surface area (Å²) in [5.74, 6) is 1.84. The Kier molecular flexibility index (Phi) is 5.19. The average Bonchev–Trinajstić information content (AvgIpc) is 2.83. The van der Waals surface area contributed by atoms with Gasteiger partial charge in [0.1, 0.15) is 24.7 Å². The summed E-state index contributed by atoms with van der Waals surface area (Å²) in [6.07, 6.45) is 0. The van der Waals surface area contributed by atoms with Crippen LogP contribution < -0.4 is 34.0 Å². The van der Waals surface area contributed by atoms with Gasteiger partial charge >= 0.3 is 0 Å². The number of hydrogen-bond donors (Lipinski definition) is 2. The normalized spacial score (nSPS) is 18.2. The summed E-state index contributed by atoms with van der Waals surface area (Å²) in [7, 11) is -2.23. The Morgan fingerprint density at radius 2 is 1.77 bits per heavy atom. The number of fused-ring (bicyclic) bond motifs is 2. The van der Waals surface area contributed by atoms with Crippen molar-refractivity contribution in [1.29, 1.82) is 0 Å². The molecule has 166 valence electrons. The minimum atomic E-state index is -3.81. The molecule has 0 atom stereocenters. The van der Waals surface area contributed by atoms with Crippen LogP contribution in [0, 0.1) is 0 Å². The lowest BCUT2D eigenvalue weighted by molar-refractivity contribution is 0.314. The maximum absolute atomic E-state index is 13.7. The number of methoxy groups -OCH3 is 1. The van der Waals surface area contributed by atoms with Crippen molar-refractivity contribution in [2.45, 2.75) is 4.90 Å². The SMILES string of the molecule is COc1cc(N2CCNCC2)c2c(c1)N(S(=O)(=O)c1ccc3c(c1)NCCO3)CCO2. The molecule has 3 aliphatic rings. The number of nitrogens with one attached hydrogen (secondary N) is 2. The lowest BCUT2D eigenvalue weighted by Crippen LogP contribution is -2.44. The van der Waals surface area contributed by atoms with Crippen LogP contribution in [0.1, 0.15) is 0 Å². The maximum Gasteiger partial charge on any atom is 0.264 e. The molecule has 0 spiro atoms. The van der Waals surface area contributed by atoms with Crippen LogP contribution >= 0.6 is 0 Å². The first-order valence-corrected chi connectivity index (χ1v) is 11.9. The van der Waals surface area contributed by atoms with Crippen molar-refractivity contribution < 1.29 is 22.6 Å². The van der Waals surface area contributed by atoms with Crippen molar-refractivity contribution >= 4 is 27.1 Å². The molecule has 0 radical (unpaired) electrons. The fourth-order valence-electron chi connectivity index (χ4n) is 4.17. The van der Waals surface area contributed by atoms with E-state index in [9.17, 15) is 8.42 Å². The highest BCUT2D eigenvalue weighted by Crippen LogP contribution is 2.46. The first-order valence-electron chi connectivity index (χ1n) is 10.4. The second-order valence-corrected chi connectivity index (χ2v) is 9.45. The van der Waals surface area contributed by atoms with Gasteiger partial charge in [0.25, 0.3) is 10.0 Å². The zero-order chi connectivity index (χ0) is 21.4. The van der Waals surface area contributed by atoms with Crippen molar-refractivity contribution in [3.05, 3.63) is 30.3 Å². The monoisotopic (exact) mass is 446 g/mol. The fourth-order valence-corrected chi connectivity index (χ4v) is 5.64. The highest BCUT2D eigenvalue weighted by Gasteiger charge is 2.34. The number of hydrogen-bond acceptors (Lipinski definition) is 8. The predicted octanol–water partition coefficient (Wildman–Crippen LogP) is 1.50. The quantitative estimate of drug-likeness (QED) is 0.730. The minimum Gasteiger partial charge on any atom is -0.497 e. The zero-order valence-electron chi connectivity index (χ0n) is 17.4. The number of sulfonamides is 1. The van der Waals surface area contributed by atoms with Crippen LogP contribution in [0.5, 0.6) is 17.2 Å². The van der Waals surface area contributed by atoms with E-state index in [2.05, 4.69) is 15.5 Å². The molecule has 3 heterocycles. The molecular formula is C21H26N4O5S. The van der Waals surface area contributed by atoms with E-state index in [-0.39, 0.29) is 18.0 Å². The first-order chi connectivity index (χ1) is 15.1. The molecule has 3 aliphatic heterocycles. The standard InChI is InChI=1S/C21H26N4O5S/c1-28-15-12-18(24-7-4-22-5-8-24)21-19(13-15)25(9-11-30-21)31(26,27)16-2-3-20-17(14-16)23-6-10-29-20/h2-3,12-14,22-23H,4-11H2,1H3. The molecule has 1 saturated heterocycles. The van der Waals surface area contributed by atoms with Crippen LogP contribution in [0.25, 0.3) is 0 Å². The van der Waals surface area contributed by atoms with Crippen LogP contribution in [0.3, 0.4) is 0 Å².